The number of pyridine rings is 2. The quantitative estimate of drug-likeness (QED) is 0.124. The first-order chi connectivity index (χ1) is 25.8. The van der Waals surface area contributed by atoms with E-state index in [1.165, 1.54) is 24.3 Å². The molecule has 4 N–H and O–H groups in total. The van der Waals surface area contributed by atoms with Gasteiger partial charge in [-0.1, -0.05) is 12.1 Å². The van der Waals surface area contributed by atoms with Gasteiger partial charge in [0, 0.05) is 49.4 Å². The molecule has 0 saturated carbocycles. The number of aromatic nitrogens is 6. The van der Waals surface area contributed by atoms with E-state index < -0.39 is 35.7 Å². The van der Waals surface area contributed by atoms with Crippen molar-refractivity contribution in [3.63, 3.8) is 0 Å². The molecule has 2 fully saturated rings. The predicted octanol–water partition coefficient (Wildman–Crippen LogP) is 6.37. The van der Waals surface area contributed by atoms with Crippen LogP contribution < -0.4 is 20.4 Å². The second-order valence-corrected chi connectivity index (χ2v) is 13.5. The Hall–Kier alpha value is -5.62. The SMILES string of the molecule is OC(C1CCN(c2cccc3nc(Nc4ccc(C(F)(F)F)cc4)nn23)C1)C(O)C1CCN(c2cccc3nc(Nc4ccc(C(F)(F)F)cc4)nn23)C1. The second kappa shape index (κ2) is 13.7. The Kier molecular flexibility index (Phi) is 8.96. The van der Waals surface area contributed by atoms with Crippen LogP contribution in [-0.4, -0.2) is 77.8 Å². The zero-order valence-corrected chi connectivity index (χ0v) is 28.4. The summed E-state index contributed by atoms with van der Waals surface area (Å²) in [6.07, 6.45) is -9.60. The summed E-state index contributed by atoms with van der Waals surface area (Å²) in [6, 6.07) is 20.1. The molecule has 18 heteroatoms. The molecule has 6 heterocycles. The molecule has 0 radical (unpaired) electrons. The molecule has 0 aliphatic carbocycles. The summed E-state index contributed by atoms with van der Waals surface area (Å²) in [6.45, 7) is 2.12. The minimum Gasteiger partial charge on any atom is -0.390 e. The molecule has 0 amide bonds. The molecule has 6 aromatic rings. The average molecular weight is 753 g/mol. The van der Waals surface area contributed by atoms with E-state index in [-0.39, 0.29) is 23.7 Å². The Morgan fingerprint density at radius 1 is 0.574 bits per heavy atom. The van der Waals surface area contributed by atoms with E-state index in [9.17, 15) is 36.6 Å². The summed E-state index contributed by atoms with van der Waals surface area (Å²) in [5.74, 6) is 1.43. The van der Waals surface area contributed by atoms with Gasteiger partial charge in [0.15, 0.2) is 11.3 Å². The van der Waals surface area contributed by atoms with Crippen LogP contribution >= 0.6 is 0 Å². The maximum absolute atomic E-state index is 13.0. The van der Waals surface area contributed by atoms with Crippen molar-refractivity contribution in [2.24, 2.45) is 11.8 Å². The van der Waals surface area contributed by atoms with Gasteiger partial charge in [-0.3, -0.25) is 0 Å². The van der Waals surface area contributed by atoms with E-state index >= 15 is 0 Å². The lowest BCUT2D eigenvalue weighted by Gasteiger charge is -2.28. The van der Waals surface area contributed by atoms with E-state index in [2.05, 4.69) is 40.6 Å². The number of fused-ring (bicyclic) bond motifs is 2. The Balaban J connectivity index is 0.903. The van der Waals surface area contributed by atoms with Crippen molar-refractivity contribution in [3.8, 4) is 0 Å². The zero-order chi connectivity index (χ0) is 37.8. The first kappa shape index (κ1) is 35.4. The zero-order valence-electron chi connectivity index (χ0n) is 28.4. The third-order valence-corrected chi connectivity index (χ3v) is 10.0. The molecular formula is C36H34F6N10O2. The standard InChI is InChI=1S/C36H34F6N10O2/c37-35(38,39)23-7-11-25(12-8-23)43-33-45-27-3-1-5-29(51(27)47-33)49-17-15-21(19-49)31(53)32(54)22-16-18-50(20-22)30-6-2-4-28-46-34(48-52(28)30)44-26-13-9-24(10-14-26)36(40,41)42/h1-14,21-22,31-32,53-54H,15-20H2,(H,43,47)(H,44,48). The Bertz CT molecular complexity index is 2100. The predicted molar refractivity (Wildman–Crippen MR) is 188 cm³/mol. The summed E-state index contributed by atoms with van der Waals surface area (Å²) < 4.78 is 81.1. The summed E-state index contributed by atoms with van der Waals surface area (Å²) in [5, 5.41) is 37.8. The fourth-order valence-corrected chi connectivity index (χ4v) is 7.22. The second-order valence-electron chi connectivity index (χ2n) is 13.5. The van der Waals surface area contributed by atoms with Gasteiger partial charge in [0.05, 0.1) is 23.3 Å². The van der Waals surface area contributed by atoms with Crippen molar-refractivity contribution in [1.29, 1.82) is 0 Å². The van der Waals surface area contributed by atoms with Crippen LogP contribution in [0, 0.1) is 11.8 Å². The summed E-state index contributed by atoms with van der Waals surface area (Å²) >= 11 is 0. The van der Waals surface area contributed by atoms with E-state index in [0.717, 1.165) is 35.9 Å². The van der Waals surface area contributed by atoms with E-state index in [1.807, 2.05) is 24.3 Å². The van der Waals surface area contributed by atoms with E-state index in [0.29, 0.717) is 61.7 Å². The number of aliphatic hydroxyl groups excluding tert-OH is 2. The largest absolute Gasteiger partial charge is 0.416 e. The number of hydrogen-bond acceptors (Lipinski definition) is 10. The minimum absolute atomic E-state index is 0.215. The molecule has 2 aromatic carbocycles. The monoisotopic (exact) mass is 752 g/mol. The minimum atomic E-state index is -4.44. The molecule has 2 aliphatic rings. The number of rotatable bonds is 9. The lowest BCUT2D eigenvalue weighted by molar-refractivity contribution is -0.138. The normalized spacial score (nSPS) is 19.2. The Morgan fingerprint density at radius 3 is 1.33 bits per heavy atom. The molecule has 54 heavy (non-hydrogen) atoms. The number of hydrogen-bond donors (Lipinski definition) is 4. The fourth-order valence-electron chi connectivity index (χ4n) is 7.22. The van der Waals surface area contributed by atoms with Gasteiger partial charge < -0.3 is 30.6 Å². The number of benzene rings is 2. The number of nitrogens with one attached hydrogen (secondary N) is 2. The third kappa shape index (κ3) is 7.05. The van der Waals surface area contributed by atoms with Crippen LogP contribution in [0.4, 0.5) is 61.2 Å². The highest BCUT2D eigenvalue weighted by atomic mass is 19.4. The van der Waals surface area contributed by atoms with Crippen molar-refractivity contribution < 1.29 is 36.6 Å². The number of alkyl halides is 6. The number of anilines is 6. The van der Waals surface area contributed by atoms with Crippen molar-refractivity contribution in [2.45, 2.75) is 37.4 Å². The Morgan fingerprint density at radius 2 is 0.963 bits per heavy atom. The molecule has 12 nitrogen and oxygen atoms in total. The van der Waals surface area contributed by atoms with Gasteiger partial charge in [0.1, 0.15) is 11.6 Å². The lowest BCUT2D eigenvalue weighted by atomic mass is 9.89. The van der Waals surface area contributed by atoms with Crippen LogP contribution in [0.15, 0.2) is 84.9 Å². The maximum atomic E-state index is 13.0. The molecule has 4 atom stereocenters. The average Bonchev–Trinajstić information content (AvgIpc) is 3.96. The molecule has 4 aromatic heterocycles. The van der Waals surface area contributed by atoms with Crippen LogP contribution in [0.3, 0.4) is 0 Å². The van der Waals surface area contributed by atoms with Crippen molar-refractivity contribution in [3.05, 3.63) is 96.1 Å². The van der Waals surface area contributed by atoms with Gasteiger partial charge in [-0.15, -0.1) is 10.2 Å². The number of halogens is 6. The van der Waals surface area contributed by atoms with E-state index in [4.69, 9.17) is 0 Å². The molecule has 0 bridgehead atoms. The third-order valence-electron chi connectivity index (χ3n) is 10.0. The van der Waals surface area contributed by atoms with Gasteiger partial charge in [0.2, 0.25) is 11.9 Å². The summed E-state index contributed by atoms with van der Waals surface area (Å²) in [5.41, 5.74) is 0.356. The molecule has 0 spiro atoms. The van der Waals surface area contributed by atoms with Gasteiger partial charge >= 0.3 is 12.4 Å². The van der Waals surface area contributed by atoms with Crippen molar-refractivity contribution in [1.82, 2.24) is 29.2 Å². The van der Waals surface area contributed by atoms with Crippen LogP contribution in [-0.2, 0) is 12.4 Å². The fraction of sp³-hybridized carbons (Fsp3) is 0.333. The first-order valence-corrected chi connectivity index (χ1v) is 17.3. The highest BCUT2D eigenvalue weighted by Crippen LogP contribution is 2.34. The number of nitrogens with zero attached hydrogens (tertiary/aromatic N) is 8. The van der Waals surface area contributed by atoms with Gasteiger partial charge in [0.25, 0.3) is 0 Å². The highest BCUT2D eigenvalue weighted by Gasteiger charge is 2.39. The lowest BCUT2D eigenvalue weighted by Crippen LogP contribution is -2.41. The van der Waals surface area contributed by atoms with Crippen LogP contribution in [0.2, 0.25) is 0 Å². The number of aliphatic hydroxyl groups is 2. The first-order valence-electron chi connectivity index (χ1n) is 17.3. The molecule has 2 aliphatic heterocycles. The topological polar surface area (TPSA) is 131 Å². The van der Waals surface area contributed by atoms with Crippen LogP contribution in [0.5, 0.6) is 0 Å². The van der Waals surface area contributed by atoms with Gasteiger partial charge in [-0.2, -0.15) is 45.3 Å². The molecule has 2 saturated heterocycles. The summed E-state index contributed by atoms with van der Waals surface area (Å²) in [7, 11) is 0. The van der Waals surface area contributed by atoms with Crippen LogP contribution in [0.25, 0.3) is 11.3 Å². The molecule has 8 rings (SSSR count). The van der Waals surface area contributed by atoms with Crippen molar-refractivity contribution >= 4 is 46.2 Å². The molecule has 282 valence electrons. The summed E-state index contributed by atoms with van der Waals surface area (Å²) in [4.78, 5) is 13.1. The smallest absolute Gasteiger partial charge is 0.390 e. The van der Waals surface area contributed by atoms with E-state index in [1.54, 1.807) is 21.2 Å². The maximum Gasteiger partial charge on any atom is 0.416 e. The highest BCUT2D eigenvalue weighted by molar-refractivity contribution is 5.60. The molecule has 4 unspecified atom stereocenters. The molecular weight excluding hydrogens is 718 g/mol. The van der Waals surface area contributed by atoms with Crippen LogP contribution in [0.1, 0.15) is 24.0 Å². The van der Waals surface area contributed by atoms with Crippen molar-refractivity contribution in [2.75, 3.05) is 46.6 Å². The Labute approximate surface area is 303 Å². The van der Waals surface area contributed by atoms with Gasteiger partial charge in [-0.25, -0.2) is 0 Å². The van der Waals surface area contributed by atoms with Gasteiger partial charge in [-0.05, 0) is 85.6 Å².